The number of nitrogens with one attached hydrogen (secondary N) is 1. The Morgan fingerprint density at radius 1 is 1.09 bits per heavy atom. The SMILES string of the molecule is O=C1CN(C(=O)[C@@H]2CCC[C@H](C(F)(F)F)C2)[C@H]2CCCC[C@H]2N1. The van der Waals surface area contributed by atoms with Gasteiger partial charge in [0.25, 0.3) is 0 Å². The molecule has 0 aromatic carbocycles. The molecule has 0 spiro atoms. The van der Waals surface area contributed by atoms with Crippen molar-refractivity contribution in [2.45, 2.75) is 69.6 Å². The van der Waals surface area contributed by atoms with Crippen molar-refractivity contribution in [2.24, 2.45) is 11.8 Å². The van der Waals surface area contributed by atoms with Crippen LogP contribution in [-0.2, 0) is 9.59 Å². The van der Waals surface area contributed by atoms with Crippen LogP contribution < -0.4 is 5.32 Å². The van der Waals surface area contributed by atoms with Crippen molar-refractivity contribution < 1.29 is 22.8 Å². The van der Waals surface area contributed by atoms with Crippen molar-refractivity contribution >= 4 is 11.8 Å². The molecule has 0 aromatic heterocycles. The number of carbonyl (C=O) groups excluding carboxylic acids is 2. The molecule has 130 valence electrons. The maximum absolute atomic E-state index is 13.0. The molecule has 0 aromatic rings. The lowest BCUT2D eigenvalue weighted by atomic mass is 9.79. The van der Waals surface area contributed by atoms with Gasteiger partial charge >= 0.3 is 6.18 Å². The van der Waals surface area contributed by atoms with E-state index in [1.54, 1.807) is 4.90 Å². The first-order valence-electron chi connectivity index (χ1n) is 8.53. The predicted octanol–water partition coefficient (Wildman–Crippen LogP) is 2.62. The summed E-state index contributed by atoms with van der Waals surface area (Å²) >= 11 is 0. The van der Waals surface area contributed by atoms with Crippen LogP contribution in [0.5, 0.6) is 0 Å². The van der Waals surface area contributed by atoms with Crippen molar-refractivity contribution in [3.05, 3.63) is 0 Å². The van der Waals surface area contributed by atoms with Gasteiger partial charge in [0.15, 0.2) is 0 Å². The lowest BCUT2D eigenvalue weighted by molar-refractivity contribution is -0.188. The second kappa shape index (κ2) is 6.32. The minimum Gasteiger partial charge on any atom is -0.350 e. The van der Waals surface area contributed by atoms with Crippen LogP contribution in [-0.4, -0.2) is 41.5 Å². The van der Waals surface area contributed by atoms with Gasteiger partial charge in [-0.1, -0.05) is 19.3 Å². The minimum absolute atomic E-state index is 0.00676. The van der Waals surface area contributed by atoms with E-state index in [4.69, 9.17) is 0 Å². The van der Waals surface area contributed by atoms with E-state index in [0.29, 0.717) is 12.8 Å². The van der Waals surface area contributed by atoms with Crippen LogP contribution in [0.4, 0.5) is 13.2 Å². The summed E-state index contributed by atoms with van der Waals surface area (Å²) in [5.41, 5.74) is 0. The highest BCUT2D eigenvalue weighted by Crippen LogP contribution is 2.41. The van der Waals surface area contributed by atoms with Crippen molar-refractivity contribution in [1.29, 1.82) is 0 Å². The fraction of sp³-hybridized carbons (Fsp3) is 0.875. The standard InChI is InChI=1S/C16H23F3N2O2/c17-16(18,19)11-5-3-4-10(8-11)15(23)21-9-14(22)20-12-6-1-2-7-13(12)21/h10-13H,1-9H2,(H,20,22)/t10-,11+,12-,13+/m1/s1. The van der Waals surface area contributed by atoms with E-state index in [0.717, 1.165) is 25.7 Å². The molecule has 1 heterocycles. The predicted molar refractivity (Wildman–Crippen MR) is 77.4 cm³/mol. The Hall–Kier alpha value is -1.27. The number of alkyl halides is 3. The number of nitrogens with zero attached hydrogens (tertiary/aromatic N) is 1. The summed E-state index contributed by atoms with van der Waals surface area (Å²) in [5.74, 6) is -2.41. The molecule has 3 aliphatic rings. The molecule has 23 heavy (non-hydrogen) atoms. The molecule has 2 amide bonds. The number of fused-ring (bicyclic) bond motifs is 1. The van der Waals surface area contributed by atoms with E-state index in [1.807, 2.05) is 0 Å². The molecule has 4 atom stereocenters. The third-order valence-corrected chi connectivity index (χ3v) is 5.56. The van der Waals surface area contributed by atoms with Crippen LogP contribution in [0.1, 0.15) is 51.4 Å². The van der Waals surface area contributed by atoms with E-state index >= 15 is 0 Å². The highest BCUT2D eigenvalue weighted by Gasteiger charge is 2.46. The molecule has 1 N–H and O–H groups in total. The van der Waals surface area contributed by atoms with Gasteiger partial charge in [-0.2, -0.15) is 13.2 Å². The van der Waals surface area contributed by atoms with Gasteiger partial charge in [-0.25, -0.2) is 0 Å². The maximum Gasteiger partial charge on any atom is 0.391 e. The van der Waals surface area contributed by atoms with E-state index in [-0.39, 0.29) is 43.3 Å². The van der Waals surface area contributed by atoms with Gasteiger partial charge in [-0.15, -0.1) is 0 Å². The molecule has 0 unspecified atom stereocenters. The van der Waals surface area contributed by atoms with Crippen LogP contribution in [0.2, 0.25) is 0 Å². The summed E-state index contributed by atoms with van der Waals surface area (Å²) in [6, 6.07) is -0.0730. The zero-order valence-corrected chi connectivity index (χ0v) is 13.1. The van der Waals surface area contributed by atoms with Crippen molar-refractivity contribution in [3.8, 4) is 0 Å². The van der Waals surface area contributed by atoms with Crippen LogP contribution >= 0.6 is 0 Å². The monoisotopic (exact) mass is 332 g/mol. The minimum atomic E-state index is -4.23. The summed E-state index contributed by atoms with van der Waals surface area (Å²) in [5, 5.41) is 2.93. The lowest BCUT2D eigenvalue weighted by Gasteiger charge is -2.45. The molecule has 4 nitrogen and oxygen atoms in total. The van der Waals surface area contributed by atoms with Gasteiger partial charge in [-0.05, 0) is 32.1 Å². The van der Waals surface area contributed by atoms with Gasteiger partial charge < -0.3 is 10.2 Å². The lowest BCUT2D eigenvalue weighted by Crippen LogP contribution is -2.63. The van der Waals surface area contributed by atoms with Crippen LogP contribution in [0, 0.1) is 11.8 Å². The van der Waals surface area contributed by atoms with Crippen LogP contribution in [0.15, 0.2) is 0 Å². The number of halogens is 3. The summed E-state index contributed by atoms with van der Waals surface area (Å²) in [6.07, 6.45) is 0.362. The van der Waals surface area contributed by atoms with Gasteiger partial charge in [0.2, 0.25) is 11.8 Å². The zero-order valence-electron chi connectivity index (χ0n) is 13.1. The summed E-state index contributed by atoms with van der Waals surface area (Å²) in [7, 11) is 0. The molecule has 7 heteroatoms. The Bertz CT molecular complexity index is 480. The third kappa shape index (κ3) is 3.48. The highest BCUT2D eigenvalue weighted by atomic mass is 19.4. The Morgan fingerprint density at radius 2 is 1.83 bits per heavy atom. The molecule has 3 fully saturated rings. The largest absolute Gasteiger partial charge is 0.391 e. The first-order chi connectivity index (χ1) is 10.9. The van der Waals surface area contributed by atoms with E-state index in [1.165, 1.54) is 0 Å². The highest BCUT2D eigenvalue weighted by molar-refractivity contribution is 5.87. The first-order valence-corrected chi connectivity index (χ1v) is 8.53. The Morgan fingerprint density at radius 3 is 2.57 bits per heavy atom. The Labute approximate surface area is 133 Å². The molecule has 0 radical (unpaired) electrons. The van der Waals surface area contributed by atoms with Crippen LogP contribution in [0.25, 0.3) is 0 Å². The summed E-state index contributed by atoms with van der Waals surface area (Å²) < 4.78 is 38.9. The van der Waals surface area contributed by atoms with E-state index in [2.05, 4.69) is 5.32 Å². The van der Waals surface area contributed by atoms with Gasteiger partial charge in [0.1, 0.15) is 0 Å². The number of piperazine rings is 1. The number of carbonyl (C=O) groups is 2. The quantitative estimate of drug-likeness (QED) is 0.802. The Kier molecular flexibility index (Phi) is 4.56. The number of hydrogen-bond donors (Lipinski definition) is 1. The van der Waals surface area contributed by atoms with Crippen molar-refractivity contribution in [2.75, 3.05) is 6.54 Å². The van der Waals surface area contributed by atoms with E-state index < -0.39 is 18.0 Å². The van der Waals surface area contributed by atoms with Crippen molar-refractivity contribution in [1.82, 2.24) is 10.2 Å². The maximum atomic E-state index is 13.0. The molecule has 1 aliphatic heterocycles. The smallest absolute Gasteiger partial charge is 0.350 e. The molecule has 3 rings (SSSR count). The number of amides is 2. The number of hydrogen-bond acceptors (Lipinski definition) is 2. The molecular formula is C16H23F3N2O2. The fourth-order valence-electron chi connectivity index (χ4n) is 4.36. The molecule has 0 bridgehead atoms. The van der Waals surface area contributed by atoms with Crippen LogP contribution in [0.3, 0.4) is 0 Å². The number of rotatable bonds is 1. The average Bonchev–Trinajstić information content (AvgIpc) is 2.52. The second-order valence-electron chi connectivity index (χ2n) is 7.09. The molecule has 2 aliphatic carbocycles. The third-order valence-electron chi connectivity index (χ3n) is 5.56. The normalized spacial score (nSPS) is 35.4. The summed E-state index contributed by atoms with van der Waals surface area (Å²) in [6.45, 7) is -0.00676. The second-order valence-corrected chi connectivity index (χ2v) is 7.09. The zero-order chi connectivity index (χ0) is 16.6. The van der Waals surface area contributed by atoms with Gasteiger partial charge in [-0.3, -0.25) is 9.59 Å². The average molecular weight is 332 g/mol. The van der Waals surface area contributed by atoms with Crippen molar-refractivity contribution in [3.63, 3.8) is 0 Å². The van der Waals surface area contributed by atoms with Gasteiger partial charge in [0.05, 0.1) is 18.5 Å². The molecular weight excluding hydrogens is 309 g/mol. The molecule has 1 saturated heterocycles. The van der Waals surface area contributed by atoms with Gasteiger partial charge in [0, 0.05) is 12.0 Å². The Balaban J connectivity index is 1.71. The van der Waals surface area contributed by atoms with E-state index in [9.17, 15) is 22.8 Å². The topological polar surface area (TPSA) is 49.4 Å². The first kappa shape index (κ1) is 16.6. The fourth-order valence-corrected chi connectivity index (χ4v) is 4.36. The molecule has 2 saturated carbocycles. The summed E-state index contributed by atoms with van der Waals surface area (Å²) in [4.78, 5) is 26.2.